The molecule has 0 radical (unpaired) electrons. The Balaban J connectivity index is 1.50. The van der Waals surface area contributed by atoms with Gasteiger partial charge in [0.05, 0.1) is 12.8 Å². The van der Waals surface area contributed by atoms with E-state index in [2.05, 4.69) is 4.98 Å². The van der Waals surface area contributed by atoms with Crippen LogP contribution >= 0.6 is 0 Å². The minimum atomic E-state index is -0.509. The molecule has 170 valence electrons. The van der Waals surface area contributed by atoms with Gasteiger partial charge in [-0.1, -0.05) is 24.3 Å². The Morgan fingerprint density at radius 2 is 1.94 bits per heavy atom. The molecule has 3 aromatic rings. The first kappa shape index (κ1) is 22.6. The average Bonchev–Trinajstić information content (AvgIpc) is 3.67. The van der Waals surface area contributed by atoms with Gasteiger partial charge in [0, 0.05) is 24.7 Å². The zero-order valence-electron chi connectivity index (χ0n) is 18.1. The normalized spacial score (nSPS) is 12.9. The highest BCUT2D eigenvalue weighted by Gasteiger charge is 2.23. The predicted molar refractivity (Wildman–Crippen MR) is 121 cm³/mol. The molecule has 0 atom stereocenters. The number of ether oxygens (including phenoxy) is 2. The highest BCUT2D eigenvalue weighted by molar-refractivity contribution is 5.98. The van der Waals surface area contributed by atoms with Crippen LogP contribution in [0.3, 0.4) is 0 Å². The summed E-state index contributed by atoms with van der Waals surface area (Å²) in [6.07, 6.45) is 4.71. The Morgan fingerprint density at radius 1 is 1.09 bits per heavy atom. The van der Waals surface area contributed by atoms with Gasteiger partial charge in [-0.15, -0.1) is 0 Å². The number of nitrogens with zero attached hydrogens (tertiary/aromatic N) is 1. The van der Waals surface area contributed by atoms with Crippen molar-refractivity contribution < 1.29 is 23.5 Å². The lowest BCUT2D eigenvalue weighted by molar-refractivity contribution is -0.146. The number of nitrogens with two attached hydrogens (primary N) is 1. The fraction of sp³-hybridized carbons (Fsp3) is 0.269. The van der Waals surface area contributed by atoms with Gasteiger partial charge in [-0.05, 0) is 65.3 Å². The standard InChI is InChI=1S/C26H25FN2O4/c27-24-14-29-9-8-19(24)12-25(30)20-6-7-21(13-28)23(11-20)18-2-1-3-22(10-18)32-16-26(31)33-15-17-4-5-17/h1-3,6-11,14,17H,4-5,12-13,15-16,28H2. The second-order valence-electron chi connectivity index (χ2n) is 8.09. The molecule has 2 N–H and O–H groups in total. The summed E-state index contributed by atoms with van der Waals surface area (Å²) < 4.78 is 24.7. The van der Waals surface area contributed by atoms with Crippen LogP contribution in [0.25, 0.3) is 11.1 Å². The molecule has 1 aliphatic rings. The molecule has 6 nitrogen and oxygen atoms in total. The third kappa shape index (κ3) is 6.02. The minimum absolute atomic E-state index is 0.0676. The van der Waals surface area contributed by atoms with Crippen molar-refractivity contribution in [3.8, 4) is 16.9 Å². The molecule has 4 rings (SSSR count). The Labute approximate surface area is 191 Å². The van der Waals surface area contributed by atoms with Crippen molar-refractivity contribution in [3.63, 3.8) is 0 Å². The number of pyridine rings is 1. The van der Waals surface area contributed by atoms with Gasteiger partial charge in [0.25, 0.3) is 0 Å². The number of esters is 1. The van der Waals surface area contributed by atoms with Gasteiger partial charge in [-0.2, -0.15) is 0 Å². The van der Waals surface area contributed by atoms with E-state index in [0.717, 1.165) is 35.7 Å². The fourth-order valence-electron chi connectivity index (χ4n) is 3.45. The van der Waals surface area contributed by atoms with Crippen LogP contribution in [0, 0.1) is 11.7 Å². The molecule has 0 saturated heterocycles. The Kier molecular flexibility index (Phi) is 7.10. The number of hydrogen-bond acceptors (Lipinski definition) is 6. The van der Waals surface area contributed by atoms with Crippen LogP contribution in [-0.2, 0) is 22.5 Å². The third-order valence-electron chi connectivity index (χ3n) is 5.54. The highest BCUT2D eigenvalue weighted by Crippen LogP contribution is 2.30. The largest absolute Gasteiger partial charge is 0.482 e. The number of aromatic nitrogens is 1. The van der Waals surface area contributed by atoms with Gasteiger partial charge in [0.2, 0.25) is 0 Å². The molecule has 33 heavy (non-hydrogen) atoms. The summed E-state index contributed by atoms with van der Waals surface area (Å²) in [7, 11) is 0. The highest BCUT2D eigenvalue weighted by atomic mass is 19.1. The van der Waals surface area contributed by atoms with E-state index in [-0.39, 0.29) is 25.4 Å². The summed E-state index contributed by atoms with van der Waals surface area (Å²) in [4.78, 5) is 28.4. The van der Waals surface area contributed by atoms with Crippen molar-refractivity contribution in [2.45, 2.75) is 25.8 Å². The third-order valence-corrected chi connectivity index (χ3v) is 5.54. The van der Waals surface area contributed by atoms with Crippen LogP contribution in [-0.4, -0.2) is 30.0 Å². The van der Waals surface area contributed by atoms with Crippen molar-refractivity contribution in [1.82, 2.24) is 4.98 Å². The summed E-state index contributed by atoms with van der Waals surface area (Å²) in [5.74, 6) is -0.113. The zero-order chi connectivity index (χ0) is 23.2. The molecule has 7 heteroatoms. The summed E-state index contributed by atoms with van der Waals surface area (Å²) in [6, 6.07) is 14.0. The van der Waals surface area contributed by atoms with E-state index in [9.17, 15) is 14.0 Å². The van der Waals surface area contributed by atoms with E-state index < -0.39 is 11.8 Å². The summed E-state index contributed by atoms with van der Waals surface area (Å²) >= 11 is 0. The Hall–Kier alpha value is -3.58. The molecule has 2 aromatic carbocycles. The molecule has 1 saturated carbocycles. The molecule has 1 fully saturated rings. The number of carbonyl (C=O) groups is 2. The fourth-order valence-corrected chi connectivity index (χ4v) is 3.45. The number of Topliss-reactive ketones (excluding diaryl/α,β-unsaturated/α-hetero) is 1. The lowest BCUT2D eigenvalue weighted by atomic mass is 9.94. The molecule has 1 heterocycles. The maximum Gasteiger partial charge on any atom is 0.344 e. The quantitative estimate of drug-likeness (QED) is 0.371. The molecule has 1 aliphatic carbocycles. The van der Waals surface area contributed by atoms with Crippen LogP contribution < -0.4 is 10.5 Å². The van der Waals surface area contributed by atoms with Crippen LogP contribution in [0.4, 0.5) is 4.39 Å². The van der Waals surface area contributed by atoms with Crippen molar-refractivity contribution in [2.75, 3.05) is 13.2 Å². The van der Waals surface area contributed by atoms with Crippen LogP contribution in [0.5, 0.6) is 5.75 Å². The Morgan fingerprint density at radius 3 is 2.70 bits per heavy atom. The average molecular weight is 448 g/mol. The maximum atomic E-state index is 13.9. The van der Waals surface area contributed by atoms with Crippen molar-refractivity contribution in [2.24, 2.45) is 11.7 Å². The van der Waals surface area contributed by atoms with Crippen molar-refractivity contribution >= 4 is 11.8 Å². The van der Waals surface area contributed by atoms with E-state index in [0.29, 0.717) is 29.4 Å². The van der Waals surface area contributed by atoms with Gasteiger partial charge in [-0.25, -0.2) is 9.18 Å². The molecular weight excluding hydrogens is 423 g/mol. The molecule has 0 spiro atoms. The topological polar surface area (TPSA) is 91.5 Å². The van der Waals surface area contributed by atoms with Gasteiger partial charge < -0.3 is 15.2 Å². The molecule has 0 bridgehead atoms. The number of hydrogen-bond donors (Lipinski definition) is 1. The van der Waals surface area contributed by atoms with E-state index in [1.807, 2.05) is 6.07 Å². The van der Waals surface area contributed by atoms with E-state index in [4.69, 9.17) is 15.2 Å². The minimum Gasteiger partial charge on any atom is -0.482 e. The first-order chi connectivity index (χ1) is 16.0. The van der Waals surface area contributed by atoms with Crippen molar-refractivity contribution in [1.29, 1.82) is 0 Å². The molecule has 0 unspecified atom stereocenters. The second-order valence-corrected chi connectivity index (χ2v) is 8.09. The molecular formula is C26H25FN2O4. The lowest BCUT2D eigenvalue weighted by Gasteiger charge is -2.13. The number of halogens is 1. The van der Waals surface area contributed by atoms with Crippen LogP contribution in [0.2, 0.25) is 0 Å². The summed E-state index contributed by atoms with van der Waals surface area (Å²) in [6.45, 7) is 0.559. The second kappa shape index (κ2) is 10.4. The van der Waals surface area contributed by atoms with E-state index in [1.165, 1.54) is 12.3 Å². The Bertz CT molecular complexity index is 1160. The number of carbonyl (C=O) groups excluding carboxylic acids is 2. The van der Waals surface area contributed by atoms with Gasteiger partial charge in [0.15, 0.2) is 12.4 Å². The number of rotatable bonds is 10. The number of benzene rings is 2. The smallest absolute Gasteiger partial charge is 0.344 e. The van der Waals surface area contributed by atoms with Gasteiger partial charge in [-0.3, -0.25) is 9.78 Å². The summed E-state index contributed by atoms with van der Waals surface area (Å²) in [5, 5.41) is 0. The molecule has 1 aromatic heterocycles. The first-order valence-corrected chi connectivity index (χ1v) is 10.9. The monoisotopic (exact) mass is 448 g/mol. The van der Waals surface area contributed by atoms with Gasteiger partial charge >= 0.3 is 5.97 Å². The first-order valence-electron chi connectivity index (χ1n) is 10.9. The van der Waals surface area contributed by atoms with Gasteiger partial charge in [0.1, 0.15) is 11.6 Å². The van der Waals surface area contributed by atoms with Crippen LogP contribution in [0.1, 0.15) is 34.3 Å². The molecule has 0 aliphatic heterocycles. The van der Waals surface area contributed by atoms with E-state index in [1.54, 1.807) is 36.4 Å². The molecule has 0 amide bonds. The van der Waals surface area contributed by atoms with Crippen LogP contribution in [0.15, 0.2) is 60.9 Å². The lowest BCUT2D eigenvalue weighted by Crippen LogP contribution is -2.16. The zero-order valence-corrected chi connectivity index (χ0v) is 18.1. The predicted octanol–water partition coefficient (Wildman–Crippen LogP) is 4.10. The maximum absolute atomic E-state index is 13.9. The summed E-state index contributed by atoms with van der Waals surface area (Å²) in [5.41, 5.74) is 9.09. The SMILES string of the molecule is NCc1ccc(C(=O)Cc2ccncc2F)cc1-c1cccc(OCC(=O)OCC2CC2)c1. The van der Waals surface area contributed by atoms with Crippen molar-refractivity contribution in [3.05, 3.63) is 83.4 Å². The van der Waals surface area contributed by atoms with E-state index >= 15 is 0 Å². The number of ketones is 1.